The lowest BCUT2D eigenvalue weighted by Gasteiger charge is -2.12. The lowest BCUT2D eigenvalue weighted by molar-refractivity contribution is 0.0951. The average Bonchev–Trinajstić information content (AvgIpc) is 2.34. The van der Waals surface area contributed by atoms with Gasteiger partial charge in [0.2, 0.25) is 0 Å². The normalized spacial score (nSPS) is 12.4. The van der Waals surface area contributed by atoms with Crippen molar-refractivity contribution in [2.45, 2.75) is 39.2 Å². The predicted octanol–water partition coefficient (Wildman–Crippen LogP) is 3.69. The Morgan fingerprint density at radius 3 is 2.53 bits per heavy atom. The Kier molecular flexibility index (Phi) is 6.23. The van der Waals surface area contributed by atoms with Crippen LogP contribution in [-0.4, -0.2) is 18.4 Å². The van der Waals surface area contributed by atoms with E-state index in [1.165, 1.54) is 12.8 Å². The predicted molar refractivity (Wildman–Crippen MR) is 72.8 cm³/mol. The maximum absolute atomic E-state index is 12.0. The van der Waals surface area contributed by atoms with Crippen LogP contribution >= 0.6 is 11.6 Å². The Hall–Kier alpha value is -0.860. The topological polar surface area (TPSA) is 29.1 Å². The summed E-state index contributed by atoms with van der Waals surface area (Å²) in [7, 11) is 0. The number of benzene rings is 1. The first-order valence-electron chi connectivity index (χ1n) is 6.18. The second-order valence-corrected chi connectivity index (χ2v) is 4.69. The van der Waals surface area contributed by atoms with E-state index in [1.54, 1.807) is 24.3 Å². The van der Waals surface area contributed by atoms with Gasteiger partial charge in [-0.05, 0) is 44.2 Å². The highest BCUT2D eigenvalue weighted by molar-refractivity contribution is 6.30. The highest BCUT2D eigenvalue weighted by atomic mass is 35.5. The number of hydrogen-bond donors (Lipinski definition) is 1. The van der Waals surface area contributed by atoms with Gasteiger partial charge < -0.3 is 5.32 Å². The zero-order valence-corrected chi connectivity index (χ0v) is 11.3. The second-order valence-electron chi connectivity index (χ2n) is 4.25. The molecule has 0 amide bonds. The molecule has 1 rings (SSSR count). The molecule has 17 heavy (non-hydrogen) atoms. The molecular weight excluding hydrogens is 234 g/mol. The number of nitrogens with one attached hydrogen (secondary N) is 1. The molecule has 1 aromatic rings. The van der Waals surface area contributed by atoms with E-state index in [2.05, 4.69) is 12.2 Å². The second kappa shape index (κ2) is 7.46. The molecule has 3 heteroatoms. The van der Waals surface area contributed by atoms with Gasteiger partial charge in [0, 0.05) is 10.6 Å². The van der Waals surface area contributed by atoms with Crippen molar-refractivity contribution < 1.29 is 4.79 Å². The molecule has 1 unspecified atom stereocenters. The van der Waals surface area contributed by atoms with Gasteiger partial charge in [-0.2, -0.15) is 0 Å². The maximum atomic E-state index is 12.0. The Balaban J connectivity index is 2.43. The molecule has 0 aliphatic rings. The standard InChI is InChI=1S/C14H20ClNO/c1-3-4-5-10-16-11(2)14(17)12-6-8-13(15)9-7-12/h6-9,11,16H,3-5,10H2,1-2H3. The van der Waals surface area contributed by atoms with Crippen LogP contribution in [0.4, 0.5) is 0 Å². The summed E-state index contributed by atoms with van der Waals surface area (Å²) in [5, 5.41) is 3.91. The summed E-state index contributed by atoms with van der Waals surface area (Å²) in [6.07, 6.45) is 3.52. The number of hydrogen-bond acceptors (Lipinski definition) is 2. The van der Waals surface area contributed by atoms with E-state index in [1.807, 2.05) is 6.92 Å². The molecule has 1 aromatic carbocycles. The molecule has 0 aliphatic carbocycles. The van der Waals surface area contributed by atoms with Crippen LogP contribution in [0.1, 0.15) is 43.5 Å². The molecular formula is C14H20ClNO. The van der Waals surface area contributed by atoms with Gasteiger partial charge in [-0.25, -0.2) is 0 Å². The summed E-state index contributed by atoms with van der Waals surface area (Å²) < 4.78 is 0. The van der Waals surface area contributed by atoms with Gasteiger partial charge >= 0.3 is 0 Å². The summed E-state index contributed by atoms with van der Waals surface area (Å²) in [5.74, 6) is 0.123. The monoisotopic (exact) mass is 253 g/mol. The molecule has 1 N–H and O–H groups in total. The van der Waals surface area contributed by atoms with Gasteiger partial charge in [0.15, 0.2) is 5.78 Å². The van der Waals surface area contributed by atoms with Gasteiger partial charge in [-0.15, -0.1) is 0 Å². The van der Waals surface area contributed by atoms with Gasteiger partial charge in [0.1, 0.15) is 0 Å². The molecule has 0 saturated heterocycles. The number of carbonyl (C=O) groups excluding carboxylic acids is 1. The molecule has 0 spiro atoms. The van der Waals surface area contributed by atoms with E-state index >= 15 is 0 Å². The van der Waals surface area contributed by atoms with Crippen LogP contribution in [0, 0.1) is 0 Å². The minimum Gasteiger partial charge on any atom is -0.307 e. The SMILES string of the molecule is CCCCCNC(C)C(=O)c1ccc(Cl)cc1. The zero-order valence-electron chi connectivity index (χ0n) is 10.5. The van der Waals surface area contributed by atoms with Crippen LogP contribution in [0.2, 0.25) is 5.02 Å². The van der Waals surface area contributed by atoms with E-state index in [0.29, 0.717) is 10.6 Å². The van der Waals surface area contributed by atoms with E-state index in [9.17, 15) is 4.79 Å². The number of unbranched alkanes of at least 4 members (excludes halogenated alkanes) is 2. The van der Waals surface area contributed by atoms with Crippen molar-refractivity contribution in [2.75, 3.05) is 6.54 Å². The summed E-state index contributed by atoms with van der Waals surface area (Å²) in [6, 6.07) is 6.91. The molecule has 0 heterocycles. The number of Topliss-reactive ketones (excluding diaryl/α,β-unsaturated/α-hetero) is 1. The Morgan fingerprint density at radius 1 is 1.29 bits per heavy atom. The van der Waals surface area contributed by atoms with Crippen molar-refractivity contribution >= 4 is 17.4 Å². The van der Waals surface area contributed by atoms with Crippen molar-refractivity contribution in [1.29, 1.82) is 0 Å². The van der Waals surface area contributed by atoms with Crippen molar-refractivity contribution in [3.05, 3.63) is 34.9 Å². The third kappa shape index (κ3) is 4.88. The number of halogens is 1. The summed E-state index contributed by atoms with van der Waals surface area (Å²) in [5.41, 5.74) is 0.713. The van der Waals surface area contributed by atoms with Gasteiger partial charge in [0.25, 0.3) is 0 Å². The van der Waals surface area contributed by atoms with Gasteiger partial charge in [-0.1, -0.05) is 31.4 Å². The molecule has 0 saturated carbocycles. The Bertz CT molecular complexity index is 348. The first kappa shape index (κ1) is 14.2. The maximum Gasteiger partial charge on any atom is 0.179 e. The van der Waals surface area contributed by atoms with Crippen LogP contribution in [0.15, 0.2) is 24.3 Å². The summed E-state index contributed by atoms with van der Waals surface area (Å²) >= 11 is 5.79. The minimum absolute atomic E-state index is 0.123. The van der Waals surface area contributed by atoms with Crippen LogP contribution in [0.25, 0.3) is 0 Å². The van der Waals surface area contributed by atoms with E-state index in [-0.39, 0.29) is 11.8 Å². The average molecular weight is 254 g/mol. The van der Waals surface area contributed by atoms with E-state index < -0.39 is 0 Å². The third-order valence-electron chi connectivity index (χ3n) is 2.75. The first-order valence-corrected chi connectivity index (χ1v) is 6.56. The van der Waals surface area contributed by atoms with Crippen LogP contribution in [0.3, 0.4) is 0 Å². The number of rotatable bonds is 7. The first-order chi connectivity index (χ1) is 8.15. The van der Waals surface area contributed by atoms with Crippen molar-refractivity contribution in [2.24, 2.45) is 0 Å². The Morgan fingerprint density at radius 2 is 1.94 bits per heavy atom. The fraction of sp³-hybridized carbons (Fsp3) is 0.500. The molecule has 2 nitrogen and oxygen atoms in total. The van der Waals surface area contributed by atoms with E-state index in [0.717, 1.165) is 13.0 Å². The molecule has 0 fully saturated rings. The number of carbonyl (C=O) groups is 1. The largest absolute Gasteiger partial charge is 0.307 e. The summed E-state index contributed by atoms with van der Waals surface area (Å²) in [6.45, 7) is 4.97. The molecule has 0 aliphatic heterocycles. The summed E-state index contributed by atoms with van der Waals surface area (Å²) in [4.78, 5) is 12.0. The lowest BCUT2D eigenvalue weighted by Crippen LogP contribution is -2.34. The molecule has 0 bridgehead atoms. The van der Waals surface area contributed by atoms with Crippen molar-refractivity contribution in [3.8, 4) is 0 Å². The van der Waals surface area contributed by atoms with Crippen molar-refractivity contribution in [1.82, 2.24) is 5.32 Å². The smallest absolute Gasteiger partial charge is 0.179 e. The zero-order chi connectivity index (χ0) is 12.7. The van der Waals surface area contributed by atoms with Gasteiger partial charge in [0.05, 0.1) is 6.04 Å². The fourth-order valence-corrected chi connectivity index (χ4v) is 1.78. The highest BCUT2D eigenvalue weighted by Crippen LogP contribution is 2.11. The van der Waals surface area contributed by atoms with Crippen LogP contribution < -0.4 is 5.32 Å². The minimum atomic E-state index is -0.131. The van der Waals surface area contributed by atoms with E-state index in [4.69, 9.17) is 11.6 Å². The lowest BCUT2D eigenvalue weighted by atomic mass is 10.1. The molecule has 1 atom stereocenters. The quantitative estimate of drug-likeness (QED) is 0.593. The number of ketones is 1. The fourth-order valence-electron chi connectivity index (χ4n) is 1.65. The molecule has 0 radical (unpaired) electrons. The van der Waals surface area contributed by atoms with Crippen LogP contribution in [0.5, 0.6) is 0 Å². The third-order valence-corrected chi connectivity index (χ3v) is 3.00. The Labute approximate surface area is 108 Å². The highest BCUT2D eigenvalue weighted by Gasteiger charge is 2.13. The van der Waals surface area contributed by atoms with Crippen LogP contribution in [-0.2, 0) is 0 Å². The molecule has 94 valence electrons. The van der Waals surface area contributed by atoms with Gasteiger partial charge in [-0.3, -0.25) is 4.79 Å². The van der Waals surface area contributed by atoms with Crippen molar-refractivity contribution in [3.63, 3.8) is 0 Å². The molecule has 0 aromatic heterocycles.